The molecule has 1 atom stereocenters. The Balaban J connectivity index is 1.62. The second-order valence-corrected chi connectivity index (χ2v) is 8.89. The van der Waals surface area contributed by atoms with E-state index in [0.717, 1.165) is 10.4 Å². The Kier molecular flexibility index (Phi) is 5.69. The van der Waals surface area contributed by atoms with Crippen molar-refractivity contribution in [1.29, 1.82) is 0 Å². The Morgan fingerprint density at radius 3 is 2.81 bits per heavy atom. The van der Waals surface area contributed by atoms with Gasteiger partial charge in [-0.05, 0) is 36.2 Å². The van der Waals surface area contributed by atoms with E-state index in [1.807, 2.05) is 16.7 Å². The highest BCUT2D eigenvalue weighted by Crippen LogP contribution is 2.27. The number of carbonyl (C=O) groups is 3. The molecule has 31 heavy (non-hydrogen) atoms. The molecule has 3 aromatic rings. The average molecular weight is 438 g/mol. The van der Waals surface area contributed by atoms with Gasteiger partial charge in [-0.25, -0.2) is 4.98 Å². The van der Waals surface area contributed by atoms with Gasteiger partial charge in [-0.3, -0.25) is 19.7 Å². The fourth-order valence-electron chi connectivity index (χ4n) is 3.50. The number of primary amides is 1. The molecule has 1 aromatic heterocycles. The third-order valence-electron chi connectivity index (χ3n) is 4.97. The number of fused-ring (bicyclic) bond motifs is 2. The van der Waals surface area contributed by atoms with Crippen molar-refractivity contribution in [2.75, 3.05) is 11.1 Å². The number of thioether (sulfide) groups is 1. The summed E-state index contributed by atoms with van der Waals surface area (Å²) in [7, 11) is 0. The molecule has 2 aromatic carbocycles. The number of nitrogens with one attached hydrogen (secondary N) is 2. The van der Waals surface area contributed by atoms with Crippen LogP contribution in [0, 0.1) is 5.92 Å². The number of aromatic nitrogens is 2. The average Bonchev–Trinajstić information content (AvgIpc) is 2.95. The molecule has 0 aliphatic carbocycles. The highest BCUT2D eigenvalue weighted by molar-refractivity contribution is 7.99. The SMILES string of the molecule is CC(C)Cn1c(NC(=O)[C@@H]2CSc3ccccc3C(=O)N2)nc2cc(C(N)=O)ccc21. The molecule has 0 bridgehead atoms. The molecule has 0 radical (unpaired) electrons. The number of imidazole rings is 1. The van der Waals surface area contributed by atoms with Gasteiger partial charge in [0.05, 0.1) is 16.6 Å². The highest BCUT2D eigenvalue weighted by Gasteiger charge is 2.28. The molecule has 9 heteroatoms. The van der Waals surface area contributed by atoms with Crippen molar-refractivity contribution < 1.29 is 14.4 Å². The number of carbonyl (C=O) groups excluding carboxylic acids is 3. The number of rotatable bonds is 5. The predicted octanol–water partition coefficient (Wildman–Crippen LogP) is 2.63. The first-order valence-electron chi connectivity index (χ1n) is 9.97. The van der Waals surface area contributed by atoms with Crippen molar-refractivity contribution in [2.24, 2.45) is 11.7 Å². The lowest BCUT2D eigenvalue weighted by Gasteiger charge is -2.17. The Bertz CT molecular complexity index is 1190. The third-order valence-corrected chi connectivity index (χ3v) is 6.14. The van der Waals surface area contributed by atoms with Crippen LogP contribution in [-0.4, -0.2) is 39.1 Å². The van der Waals surface area contributed by atoms with E-state index in [4.69, 9.17) is 5.73 Å². The predicted molar refractivity (Wildman–Crippen MR) is 120 cm³/mol. The molecule has 0 saturated carbocycles. The first kappa shape index (κ1) is 20.9. The zero-order valence-electron chi connectivity index (χ0n) is 17.2. The van der Waals surface area contributed by atoms with Crippen LogP contribution in [0.5, 0.6) is 0 Å². The maximum atomic E-state index is 13.0. The molecule has 2 heterocycles. The zero-order chi connectivity index (χ0) is 22.1. The molecule has 160 valence electrons. The number of benzene rings is 2. The van der Waals surface area contributed by atoms with Crippen LogP contribution in [0.25, 0.3) is 11.0 Å². The fraction of sp³-hybridized carbons (Fsp3) is 0.273. The summed E-state index contributed by atoms with van der Waals surface area (Å²) in [6, 6.07) is 11.6. The maximum absolute atomic E-state index is 13.0. The summed E-state index contributed by atoms with van der Waals surface area (Å²) in [5, 5.41) is 5.67. The Morgan fingerprint density at radius 1 is 1.29 bits per heavy atom. The second kappa shape index (κ2) is 8.43. The van der Waals surface area contributed by atoms with Crippen LogP contribution >= 0.6 is 11.8 Å². The van der Waals surface area contributed by atoms with E-state index in [9.17, 15) is 14.4 Å². The Hall–Kier alpha value is -3.33. The van der Waals surface area contributed by atoms with Gasteiger partial charge in [0.1, 0.15) is 6.04 Å². The maximum Gasteiger partial charge on any atom is 0.253 e. The molecular weight excluding hydrogens is 414 g/mol. The first-order chi connectivity index (χ1) is 14.8. The summed E-state index contributed by atoms with van der Waals surface area (Å²) >= 11 is 1.46. The van der Waals surface area contributed by atoms with Crippen LogP contribution < -0.4 is 16.4 Å². The third kappa shape index (κ3) is 4.27. The van der Waals surface area contributed by atoms with E-state index < -0.39 is 11.9 Å². The summed E-state index contributed by atoms with van der Waals surface area (Å²) < 4.78 is 1.91. The van der Waals surface area contributed by atoms with Crippen molar-refractivity contribution in [3.05, 3.63) is 53.6 Å². The number of hydrogen-bond acceptors (Lipinski definition) is 5. The van der Waals surface area contributed by atoms with Crippen LogP contribution in [0.2, 0.25) is 0 Å². The minimum atomic E-state index is -0.710. The molecule has 8 nitrogen and oxygen atoms in total. The van der Waals surface area contributed by atoms with Crippen molar-refractivity contribution in [3.63, 3.8) is 0 Å². The van der Waals surface area contributed by atoms with Gasteiger partial charge in [0.25, 0.3) is 5.91 Å². The van der Waals surface area contributed by atoms with Crippen LogP contribution in [0.1, 0.15) is 34.6 Å². The van der Waals surface area contributed by atoms with Crippen LogP contribution in [0.15, 0.2) is 47.4 Å². The monoisotopic (exact) mass is 437 g/mol. The Labute approximate surface area is 183 Å². The van der Waals surface area contributed by atoms with Crippen LogP contribution in [-0.2, 0) is 11.3 Å². The number of nitrogens with two attached hydrogens (primary N) is 1. The molecule has 4 N–H and O–H groups in total. The minimum Gasteiger partial charge on any atom is -0.366 e. The molecule has 3 amide bonds. The topological polar surface area (TPSA) is 119 Å². The van der Waals surface area contributed by atoms with E-state index in [1.54, 1.807) is 30.3 Å². The molecule has 1 aliphatic rings. The number of anilines is 1. The van der Waals surface area contributed by atoms with Crippen LogP contribution in [0.4, 0.5) is 5.95 Å². The van der Waals surface area contributed by atoms with Gasteiger partial charge in [0.2, 0.25) is 17.8 Å². The molecule has 0 saturated heterocycles. The van der Waals surface area contributed by atoms with Gasteiger partial charge in [-0.2, -0.15) is 0 Å². The lowest BCUT2D eigenvalue weighted by atomic mass is 10.2. The first-order valence-corrected chi connectivity index (χ1v) is 11.0. The lowest BCUT2D eigenvalue weighted by molar-refractivity contribution is -0.117. The smallest absolute Gasteiger partial charge is 0.253 e. The largest absolute Gasteiger partial charge is 0.366 e. The highest BCUT2D eigenvalue weighted by atomic mass is 32.2. The van der Waals surface area contributed by atoms with Crippen molar-refractivity contribution in [2.45, 2.75) is 31.3 Å². The van der Waals surface area contributed by atoms with E-state index in [1.165, 1.54) is 11.8 Å². The van der Waals surface area contributed by atoms with Gasteiger partial charge in [-0.15, -0.1) is 11.8 Å². The molecule has 0 fully saturated rings. The summed E-state index contributed by atoms with van der Waals surface area (Å²) in [6.07, 6.45) is 0. The molecule has 0 unspecified atom stereocenters. The zero-order valence-corrected chi connectivity index (χ0v) is 18.0. The number of hydrogen-bond donors (Lipinski definition) is 3. The van der Waals surface area contributed by atoms with E-state index >= 15 is 0 Å². The Morgan fingerprint density at radius 2 is 2.06 bits per heavy atom. The molecular formula is C22H23N5O3S. The minimum absolute atomic E-state index is 0.275. The summed E-state index contributed by atoms with van der Waals surface area (Å²) in [6.45, 7) is 4.75. The fourth-order valence-corrected chi connectivity index (χ4v) is 4.57. The van der Waals surface area contributed by atoms with Crippen molar-refractivity contribution in [3.8, 4) is 0 Å². The molecule has 1 aliphatic heterocycles. The molecule has 0 spiro atoms. The van der Waals surface area contributed by atoms with Gasteiger partial charge in [0, 0.05) is 22.8 Å². The summed E-state index contributed by atoms with van der Waals surface area (Å²) in [4.78, 5) is 42.5. The van der Waals surface area contributed by atoms with Crippen LogP contribution in [0.3, 0.4) is 0 Å². The van der Waals surface area contributed by atoms with Crippen molar-refractivity contribution in [1.82, 2.24) is 14.9 Å². The second-order valence-electron chi connectivity index (χ2n) is 7.83. The van der Waals surface area contributed by atoms with Gasteiger partial charge < -0.3 is 15.6 Å². The van der Waals surface area contributed by atoms with Gasteiger partial charge in [-0.1, -0.05) is 26.0 Å². The van der Waals surface area contributed by atoms with Gasteiger partial charge in [0.15, 0.2) is 0 Å². The standard InChI is InChI=1S/C22H23N5O3S/c1-12(2)10-27-17-8-7-13(19(23)28)9-15(17)25-22(27)26-21(30)16-11-31-18-6-4-3-5-14(18)20(29)24-16/h3-9,12,16H,10-11H2,1-2H3,(H2,23,28)(H,24,29)(H,25,26,30)/t16-/m0/s1. The normalized spacial score (nSPS) is 16.0. The lowest BCUT2D eigenvalue weighted by Crippen LogP contribution is -2.44. The summed E-state index contributed by atoms with van der Waals surface area (Å²) in [5.74, 6) is -0.0803. The van der Waals surface area contributed by atoms with E-state index in [0.29, 0.717) is 40.8 Å². The quantitative estimate of drug-likeness (QED) is 0.567. The van der Waals surface area contributed by atoms with E-state index in [-0.39, 0.29) is 11.8 Å². The number of nitrogens with zero attached hydrogens (tertiary/aromatic N) is 2. The van der Waals surface area contributed by atoms with Crippen molar-refractivity contribution >= 4 is 46.5 Å². The molecule has 4 rings (SSSR count). The van der Waals surface area contributed by atoms with E-state index in [2.05, 4.69) is 29.5 Å². The van der Waals surface area contributed by atoms with Gasteiger partial charge >= 0.3 is 0 Å². The number of amides is 3. The summed E-state index contributed by atoms with van der Waals surface area (Å²) in [5.41, 5.74) is 7.66.